The molecule has 9 nitrogen and oxygen atoms in total. The summed E-state index contributed by atoms with van der Waals surface area (Å²) in [6.45, 7) is 6.63. The Morgan fingerprint density at radius 3 is 2.58 bits per heavy atom. The zero-order valence-electron chi connectivity index (χ0n) is 20.4. The second-order valence-corrected chi connectivity index (χ2v) is 8.20. The number of aromatic amines is 1. The first-order chi connectivity index (χ1) is 17.6. The summed E-state index contributed by atoms with van der Waals surface area (Å²) >= 11 is 0. The van der Waals surface area contributed by atoms with Gasteiger partial charge in [0.2, 0.25) is 5.82 Å². The first kappa shape index (κ1) is 23.2. The molecule has 2 aromatic heterocycles. The number of rotatable bonds is 8. The Hall–Kier alpha value is -4.53. The molecule has 0 radical (unpaired) electrons. The van der Waals surface area contributed by atoms with E-state index in [1.54, 1.807) is 13.0 Å². The van der Waals surface area contributed by atoms with Crippen molar-refractivity contribution in [2.75, 3.05) is 13.2 Å². The first-order valence-corrected chi connectivity index (χ1v) is 11.9. The van der Waals surface area contributed by atoms with Crippen molar-refractivity contribution in [3.05, 3.63) is 72.1 Å². The van der Waals surface area contributed by atoms with E-state index in [1.807, 2.05) is 66.1 Å². The highest BCUT2D eigenvalue weighted by Crippen LogP contribution is 2.38. The molecular weight excluding hydrogens is 456 g/mol. The zero-order chi connectivity index (χ0) is 25.1. The normalized spacial score (nSPS) is 11.1. The van der Waals surface area contributed by atoms with Gasteiger partial charge in [-0.2, -0.15) is 5.21 Å². The van der Waals surface area contributed by atoms with Crippen LogP contribution in [0.15, 0.2) is 60.7 Å². The average Bonchev–Trinajstić information content (AvgIpc) is 3.55. The summed E-state index contributed by atoms with van der Waals surface area (Å²) in [6.07, 6.45) is 0.857. The van der Waals surface area contributed by atoms with Gasteiger partial charge in [-0.3, -0.25) is 4.57 Å². The van der Waals surface area contributed by atoms with E-state index in [9.17, 15) is 4.79 Å². The molecule has 5 aromatic rings. The van der Waals surface area contributed by atoms with Gasteiger partial charge in [0.15, 0.2) is 0 Å². The highest BCUT2D eigenvalue weighted by atomic mass is 16.5. The number of esters is 1. The molecule has 182 valence electrons. The Kier molecular flexibility index (Phi) is 6.44. The van der Waals surface area contributed by atoms with Gasteiger partial charge in [-0.05, 0) is 55.3 Å². The maximum Gasteiger partial charge on any atom is 0.340 e. The third-order valence-corrected chi connectivity index (χ3v) is 5.83. The molecule has 0 saturated heterocycles. The molecule has 1 N–H and O–H groups in total. The molecular formula is C27H26N6O3. The number of nitrogens with one attached hydrogen (secondary N) is 1. The van der Waals surface area contributed by atoms with Crippen LogP contribution in [0, 0.1) is 6.92 Å². The van der Waals surface area contributed by atoms with E-state index in [4.69, 9.17) is 14.5 Å². The summed E-state index contributed by atoms with van der Waals surface area (Å²) in [4.78, 5) is 17.4. The van der Waals surface area contributed by atoms with E-state index >= 15 is 0 Å². The number of tetrazole rings is 1. The Labute approximate surface area is 208 Å². The van der Waals surface area contributed by atoms with Gasteiger partial charge in [0, 0.05) is 17.2 Å². The number of nitrogens with zero attached hydrogens (tertiary/aromatic N) is 5. The highest BCUT2D eigenvalue weighted by Gasteiger charge is 2.20. The number of hydrogen-bond donors (Lipinski definition) is 1. The Bertz CT molecular complexity index is 1520. The standard InChI is InChI=1S/C27H26N6O3/c1-4-15-36-24-16-18(13-14-20(24)19-9-6-7-10-21(19)26-29-31-32-30-26)33-17(3)28-23-12-8-11-22(25(23)33)27(34)35-5-2/h6-14,16H,4-5,15H2,1-3H3,(H,29,30,31,32). The van der Waals surface area contributed by atoms with E-state index in [-0.39, 0.29) is 5.97 Å². The van der Waals surface area contributed by atoms with E-state index in [1.165, 1.54) is 0 Å². The second kappa shape index (κ2) is 9.99. The Balaban J connectivity index is 1.69. The lowest BCUT2D eigenvalue weighted by molar-refractivity contribution is 0.0528. The Morgan fingerprint density at radius 1 is 1.00 bits per heavy atom. The number of para-hydroxylation sites is 1. The van der Waals surface area contributed by atoms with Gasteiger partial charge < -0.3 is 9.47 Å². The summed E-state index contributed by atoms with van der Waals surface area (Å²) in [5.74, 6) is 1.59. The van der Waals surface area contributed by atoms with Crippen LogP contribution in [0.1, 0.15) is 36.5 Å². The number of imidazole rings is 1. The van der Waals surface area contributed by atoms with Gasteiger partial charge in [0.05, 0.1) is 35.5 Å². The van der Waals surface area contributed by atoms with Crippen LogP contribution < -0.4 is 4.74 Å². The number of carbonyl (C=O) groups excluding carboxylic acids is 1. The number of aromatic nitrogens is 6. The minimum atomic E-state index is -0.377. The minimum absolute atomic E-state index is 0.297. The van der Waals surface area contributed by atoms with Crippen molar-refractivity contribution in [1.29, 1.82) is 0 Å². The molecule has 2 heterocycles. The van der Waals surface area contributed by atoms with Crippen molar-refractivity contribution in [2.24, 2.45) is 0 Å². The number of fused-ring (bicyclic) bond motifs is 1. The molecule has 9 heteroatoms. The van der Waals surface area contributed by atoms with Crippen LogP contribution >= 0.6 is 0 Å². The largest absolute Gasteiger partial charge is 0.493 e. The van der Waals surface area contributed by atoms with Crippen molar-refractivity contribution in [3.63, 3.8) is 0 Å². The van der Waals surface area contributed by atoms with Crippen LogP contribution in [-0.2, 0) is 4.74 Å². The lowest BCUT2D eigenvalue weighted by atomic mass is 9.98. The van der Waals surface area contributed by atoms with Gasteiger partial charge >= 0.3 is 5.97 Å². The van der Waals surface area contributed by atoms with Crippen molar-refractivity contribution >= 4 is 17.0 Å². The fourth-order valence-corrected chi connectivity index (χ4v) is 4.33. The van der Waals surface area contributed by atoms with Gasteiger partial charge in [-0.15, -0.1) is 10.2 Å². The molecule has 0 saturated carbocycles. The number of carbonyl (C=O) groups is 1. The minimum Gasteiger partial charge on any atom is -0.493 e. The third kappa shape index (κ3) is 4.19. The highest BCUT2D eigenvalue weighted by molar-refractivity contribution is 6.03. The van der Waals surface area contributed by atoms with Crippen LogP contribution in [0.4, 0.5) is 0 Å². The van der Waals surface area contributed by atoms with Gasteiger partial charge in [0.25, 0.3) is 0 Å². The van der Waals surface area contributed by atoms with Crippen LogP contribution in [-0.4, -0.2) is 49.4 Å². The number of hydrogen-bond acceptors (Lipinski definition) is 7. The van der Waals surface area contributed by atoms with Gasteiger partial charge in [-0.1, -0.05) is 37.3 Å². The van der Waals surface area contributed by atoms with Crippen molar-refractivity contribution < 1.29 is 14.3 Å². The van der Waals surface area contributed by atoms with Crippen LogP contribution in [0.2, 0.25) is 0 Å². The van der Waals surface area contributed by atoms with Crippen LogP contribution in [0.25, 0.3) is 39.2 Å². The molecule has 3 aromatic carbocycles. The van der Waals surface area contributed by atoms with Gasteiger partial charge in [0.1, 0.15) is 11.6 Å². The SMILES string of the molecule is CCCOc1cc(-n2c(C)nc3cccc(C(=O)OCC)c32)ccc1-c1ccccc1-c1nn[nH]n1. The molecule has 0 aliphatic heterocycles. The molecule has 36 heavy (non-hydrogen) atoms. The topological polar surface area (TPSA) is 108 Å². The third-order valence-electron chi connectivity index (χ3n) is 5.83. The monoisotopic (exact) mass is 482 g/mol. The maximum absolute atomic E-state index is 12.7. The summed E-state index contributed by atoms with van der Waals surface area (Å²) in [5.41, 5.74) is 5.40. The summed E-state index contributed by atoms with van der Waals surface area (Å²) in [7, 11) is 0. The molecule has 0 aliphatic carbocycles. The van der Waals surface area contributed by atoms with Gasteiger partial charge in [-0.25, -0.2) is 9.78 Å². The number of aryl methyl sites for hydroxylation is 1. The van der Waals surface area contributed by atoms with E-state index in [2.05, 4.69) is 27.5 Å². The second-order valence-electron chi connectivity index (χ2n) is 8.20. The molecule has 0 spiro atoms. The van der Waals surface area contributed by atoms with Crippen LogP contribution in [0.5, 0.6) is 5.75 Å². The fourth-order valence-electron chi connectivity index (χ4n) is 4.33. The maximum atomic E-state index is 12.7. The quantitative estimate of drug-likeness (QED) is 0.305. The lowest BCUT2D eigenvalue weighted by Gasteiger charge is -2.17. The first-order valence-electron chi connectivity index (χ1n) is 11.9. The molecule has 0 amide bonds. The van der Waals surface area contributed by atoms with Crippen LogP contribution in [0.3, 0.4) is 0 Å². The Morgan fingerprint density at radius 2 is 1.83 bits per heavy atom. The fraction of sp³-hybridized carbons (Fsp3) is 0.222. The number of ether oxygens (including phenoxy) is 2. The molecule has 0 aliphatic rings. The molecule has 0 bridgehead atoms. The average molecular weight is 483 g/mol. The predicted molar refractivity (Wildman–Crippen MR) is 136 cm³/mol. The molecule has 0 atom stereocenters. The van der Waals surface area contributed by atoms with Crippen molar-refractivity contribution in [2.45, 2.75) is 27.2 Å². The zero-order valence-corrected chi connectivity index (χ0v) is 20.4. The van der Waals surface area contributed by atoms with Crippen molar-refractivity contribution in [1.82, 2.24) is 30.2 Å². The summed E-state index contributed by atoms with van der Waals surface area (Å²) in [6, 6.07) is 19.3. The smallest absolute Gasteiger partial charge is 0.340 e. The molecule has 5 rings (SSSR count). The van der Waals surface area contributed by atoms with E-state index in [0.29, 0.717) is 35.9 Å². The lowest BCUT2D eigenvalue weighted by Crippen LogP contribution is -2.08. The molecule has 0 fully saturated rings. The summed E-state index contributed by atoms with van der Waals surface area (Å²) in [5, 5.41) is 14.6. The van der Waals surface area contributed by atoms with Crippen molar-refractivity contribution in [3.8, 4) is 34.0 Å². The molecule has 0 unspecified atom stereocenters. The summed E-state index contributed by atoms with van der Waals surface area (Å²) < 4.78 is 13.5. The van der Waals surface area contributed by atoms with E-state index in [0.717, 1.165) is 40.1 Å². The predicted octanol–water partition coefficient (Wildman–Crippen LogP) is 5.15. The van der Waals surface area contributed by atoms with E-state index < -0.39 is 0 Å². The number of H-pyrrole nitrogens is 1. The number of benzene rings is 3.